The van der Waals surface area contributed by atoms with Crippen molar-refractivity contribution in [2.45, 2.75) is 6.36 Å². The van der Waals surface area contributed by atoms with Crippen LogP contribution in [0.15, 0.2) is 65.3 Å². The summed E-state index contributed by atoms with van der Waals surface area (Å²) in [5, 5.41) is 3.03. The molecule has 0 spiro atoms. The van der Waals surface area contributed by atoms with Crippen LogP contribution < -0.4 is 10.1 Å². The Morgan fingerprint density at radius 1 is 1.00 bits per heavy atom. The summed E-state index contributed by atoms with van der Waals surface area (Å²) in [6.45, 7) is 0. The molecule has 10 heteroatoms. The summed E-state index contributed by atoms with van der Waals surface area (Å²) in [6, 6.07) is 13.4. The molecule has 0 amide bonds. The Morgan fingerprint density at radius 3 is 2.35 bits per heavy atom. The Hall–Kier alpha value is -4.08. The van der Waals surface area contributed by atoms with Crippen molar-refractivity contribution in [3.8, 4) is 17.0 Å². The van der Waals surface area contributed by atoms with Crippen LogP contribution in [0, 0.1) is 0 Å². The van der Waals surface area contributed by atoms with Crippen molar-refractivity contribution in [3.05, 3.63) is 66.4 Å². The van der Waals surface area contributed by atoms with E-state index < -0.39 is 12.3 Å². The van der Waals surface area contributed by atoms with Gasteiger partial charge in [0.25, 0.3) is 0 Å². The predicted molar refractivity (Wildman–Crippen MR) is 105 cm³/mol. The van der Waals surface area contributed by atoms with E-state index in [1.807, 2.05) is 0 Å². The molecule has 2 aromatic heterocycles. The molecule has 158 valence electrons. The summed E-state index contributed by atoms with van der Waals surface area (Å²) in [7, 11) is 1.30. The summed E-state index contributed by atoms with van der Waals surface area (Å²) in [5.41, 5.74) is 2.81. The molecule has 0 unspecified atom stereocenters. The summed E-state index contributed by atoms with van der Waals surface area (Å²) in [6.07, 6.45) is -3.33. The number of hydrogen-bond donors (Lipinski definition) is 1. The van der Waals surface area contributed by atoms with E-state index in [0.29, 0.717) is 33.6 Å². The summed E-state index contributed by atoms with van der Waals surface area (Å²) < 4.78 is 51.2. The van der Waals surface area contributed by atoms with Crippen LogP contribution in [0.1, 0.15) is 10.4 Å². The number of benzene rings is 2. The first kappa shape index (κ1) is 20.2. The predicted octanol–water partition coefficient (Wildman–Crippen LogP) is 5.32. The van der Waals surface area contributed by atoms with E-state index in [1.165, 1.54) is 37.6 Å². The minimum absolute atomic E-state index is 0.241. The maximum Gasteiger partial charge on any atom is 0.573 e. The zero-order chi connectivity index (χ0) is 22.0. The van der Waals surface area contributed by atoms with E-state index in [-0.39, 0.29) is 11.7 Å². The van der Waals surface area contributed by atoms with Crippen molar-refractivity contribution < 1.29 is 31.9 Å². The monoisotopic (exact) mass is 429 g/mol. The van der Waals surface area contributed by atoms with Gasteiger partial charge in [0.15, 0.2) is 5.58 Å². The topological polar surface area (TPSA) is 86.5 Å². The molecule has 0 aliphatic heterocycles. The molecule has 31 heavy (non-hydrogen) atoms. The average molecular weight is 429 g/mol. The fourth-order valence-electron chi connectivity index (χ4n) is 2.87. The number of methoxy groups -OCH3 is 1. The summed E-state index contributed by atoms with van der Waals surface area (Å²) >= 11 is 0. The lowest BCUT2D eigenvalue weighted by molar-refractivity contribution is -0.274. The highest BCUT2D eigenvalue weighted by atomic mass is 19.4. The number of rotatable bonds is 5. The number of ether oxygens (including phenoxy) is 2. The normalized spacial score (nSPS) is 11.4. The lowest BCUT2D eigenvalue weighted by atomic mass is 10.1. The van der Waals surface area contributed by atoms with Crippen molar-refractivity contribution in [3.63, 3.8) is 0 Å². The van der Waals surface area contributed by atoms with Crippen LogP contribution in [-0.4, -0.2) is 29.4 Å². The van der Waals surface area contributed by atoms with Gasteiger partial charge in [-0.25, -0.2) is 14.8 Å². The number of nitrogens with one attached hydrogen (secondary N) is 1. The Morgan fingerprint density at radius 2 is 1.71 bits per heavy atom. The highest BCUT2D eigenvalue weighted by Crippen LogP contribution is 2.31. The number of aromatic nitrogens is 2. The minimum Gasteiger partial charge on any atom is -0.465 e. The van der Waals surface area contributed by atoms with Gasteiger partial charge in [-0.3, -0.25) is 0 Å². The van der Waals surface area contributed by atoms with Gasteiger partial charge in [-0.2, -0.15) is 0 Å². The molecule has 0 bridgehead atoms. The number of anilines is 2. The Bertz CT molecular complexity index is 1220. The second-order valence-corrected chi connectivity index (χ2v) is 6.30. The minimum atomic E-state index is -4.77. The van der Waals surface area contributed by atoms with Gasteiger partial charge in [0.1, 0.15) is 17.0 Å². The standard InChI is InChI=1S/C21H14F3N3O4/c1-29-19(28)13-2-6-14(7-3-13)25-20-26-16-10-11-30-18(16)17(27-20)12-4-8-15(9-5-12)31-21(22,23)24/h2-11H,1H3,(H,25,26,27). The number of hydrogen-bond acceptors (Lipinski definition) is 7. The number of nitrogens with zero attached hydrogens (tertiary/aromatic N) is 2. The first-order chi connectivity index (χ1) is 14.8. The maximum atomic E-state index is 12.4. The van der Waals surface area contributed by atoms with E-state index >= 15 is 0 Å². The van der Waals surface area contributed by atoms with Crippen LogP contribution in [0.3, 0.4) is 0 Å². The third-order valence-electron chi connectivity index (χ3n) is 4.23. The Balaban J connectivity index is 1.64. The van der Waals surface area contributed by atoms with E-state index in [4.69, 9.17) is 4.42 Å². The lowest BCUT2D eigenvalue weighted by Crippen LogP contribution is -2.16. The fourth-order valence-corrected chi connectivity index (χ4v) is 2.87. The van der Waals surface area contributed by atoms with Crippen molar-refractivity contribution in [2.24, 2.45) is 0 Å². The summed E-state index contributed by atoms with van der Waals surface area (Å²) in [4.78, 5) is 20.4. The second kappa shape index (κ2) is 7.98. The molecule has 0 aliphatic rings. The molecule has 0 saturated carbocycles. The number of esters is 1. The lowest BCUT2D eigenvalue weighted by Gasteiger charge is -2.10. The second-order valence-electron chi connectivity index (χ2n) is 6.30. The number of halogens is 3. The molecular formula is C21H14F3N3O4. The molecular weight excluding hydrogens is 415 g/mol. The highest BCUT2D eigenvalue weighted by Gasteiger charge is 2.31. The van der Waals surface area contributed by atoms with Crippen LogP contribution in [0.4, 0.5) is 24.8 Å². The molecule has 2 heterocycles. The molecule has 0 saturated heterocycles. The molecule has 4 rings (SSSR count). The smallest absolute Gasteiger partial charge is 0.465 e. The van der Waals surface area contributed by atoms with E-state index in [9.17, 15) is 18.0 Å². The molecule has 4 aromatic rings. The van der Waals surface area contributed by atoms with E-state index in [2.05, 4.69) is 24.8 Å². The molecule has 7 nitrogen and oxygen atoms in total. The molecule has 2 aromatic carbocycles. The van der Waals surface area contributed by atoms with Gasteiger partial charge in [0.05, 0.1) is 18.9 Å². The van der Waals surface area contributed by atoms with Gasteiger partial charge >= 0.3 is 12.3 Å². The zero-order valence-corrected chi connectivity index (χ0v) is 15.9. The van der Waals surface area contributed by atoms with Crippen LogP contribution in [0.2, 0.25) is 0 Å². The number of carbonyl (C=O) groups is 1. The number of fused-ring (bicyclic) bond motifs is 1. The van der Waals surface area contributed by atoms with Crippen LogP contribution in [0.5, 0.6) is 5.75 Å². The van der Waals surface area contributed by atoms with Crippen molar-refractivity contribution in [1.29, 1.82) is 0 Å². The van der Waals surface area contributed by atoms with Gasteiger partial charge in [-0.1, -0.05) is 0 Å². The first-order valence-corrected chi connectivity index (χ1v) is 8.89. The van der Waals surface area contributed by atoms with E-state index in [0.717, 1.165) is 0 Å². The third kappa shape index (κ3) is 4.58. The van der Waals surface area contributed by atoms with Gasteiger partial charge in [-0.05, 0) is 48.5 Å². The van der Waals surface area contributed by atoms with E-state index in [1.54, 1.807) is 30.3 Å². The number of furan rings is 1. The zero-order valence-electron chi connectivity index (χ0n) is 15.9. The molecule has 0 atom stereocenters. The van der Waals surface area contributed by atoms with Gasteiger partial charge in [-0.15, -0.1) is 13.2 Å². The van der Waals surface area contributed by atoms with Gasteiger partial charge in [0.2, 0.25) is 5.95 Å². The van der Waals surface area contributed by atoms with Gasteiger partial charge < -0.3 is 19.2 Å². The van der Waals surface area contributed by atoms with Crippen LogP contribution in [0.25, 0.3) is 22.4 Å². The largest absolute Gasteiger partial charge is 0.573 e. The van der Waals surface area contributed by atoms with Crippen molar-refractivity contribution in [1.82, 2.24) is 9.97 Å². The first-order valence-electron chi connectivity index (χ1n) is 8.89. The SMILES string of the molecule is COC(=O)c1ccc(Nc2nc(-c3ccc(OC(F)(F)F)cc3)c3occc3n2)cc1. The van der Waals surface area contributed by atoms with Gasteiger partial charge in [0, 0.05) is 17.3 Å². The molecule has 0 fully saturated rings. The third-order valence-corrected chi connectivity index (χ3v) is 4.23. The van der Waals surface area contributed by atoms with Crippen molar-refractivity contribution in [2.75, 3.05) is 12.4 Å². The summed E-state index contributed by atoms with van der Waals surface area (Å²) in [5.74, 6) is -0.557. The molecule has 0 radical (unpaired) electrons. The van der Waals surface area contributed by atoms with Crippen molar-refractivity contribution >= 4 is 28.7 Å². The Labute approximate surface area is 173 Å². The number of alkyl halides is 3. The quantitative estimate of drug-likeness (QED) is 0.430. The average Bonchev–Trinajstić information content (AvgIpc) is 3.21. The highest BCUT2D eigenvalue weighted by molar-refractivity contribution is 5.90. The molecule has 0 aliphatic carbocycles. The van der Waals surface area contributed by atoms with Crippen LogP contribution in [-0.2, 0) is 4.74 Å². The fraction of sp³-hybridized carbons (Fsp3) is 0.0952. The van der Waals surface area contributed by atoms with Crippen LogP contribution >= 0.6 is 0 Å². The maximum absolute atomic E-state index is 12.4. The Kier molecular flexibility index (Phi) is 5.20. The number of carbonyl (C=O) groups excluding carboxylic acids is 1. The molecule has 1 N–H and O–H groups in total.